The van der Waals surface area contributed by atoms with E-state index in [4.69, 9.17) is 15.3 Å². The van der Waals surface area contributed by atoms with E-state index < -0.39 is 41.2 Å². The standard InChI is InChI=1S/C9H8O3.C6H10O3.C5H8O3/c10-8(9(11)12)6-7-4-2-1-3-5-7;1-4(2)3-5(7)6(8)9;1-3(2)4(6)5(7)8/h1-5H,6H2,(H,11,12);4H,3H2,1-2H3,(H,8,9);3H,1-2H3,(H,7,8). The molecule has 0 aromatic heterocycles. The van der Waals surface area contributed by atoms with Gasteiger partial charge in [0.25, 0.3) is 0 Å². The largest absolute Gasteiger partial charge is 0.476 e. The second-order valence-electron chi connectivity index (χ2n) is 6.54. The Bertz CT molecular complexity index is 719. The Morgan fingerprint density at radius 3 is 1.41 bits per heavy atom. The number of aliphatic carboxylic acids is 3. The summed E-state index contributed by atoms with van der Waals surface area (Å²) in [7, 11) is 0. The number of carbonyl (C=O) groups is 6. The van der Waals surface area contributed by atoms with E-state index in [0.29, 0.717) is 0 Å². The van der Waals surface area contributed by atoms with Gasteiger partial charge < -0.3 is 15.3 Å². The number of hydrogen-bond donors (Lipinski definition) is 3. The minimum atomic E-state index is -1.38. The van der Waals surface area contributed by atoms with E-state index in [2.05, 4.69) is 0 Å². The van der Waals surface area contributed by atoms with Crippen molar-refractivity contribution in [1.29, 1.82) is 0 Å². The van der Waals surface area contributed by atoms with E-state index >= 15 is 0 Å². The minimum Gasteiger partial charge on any atom is -0.476 e. The fraction of sp³-hybridized carbons (Fsp3) is 0.400. The van der Waals surface area contributed by atoms with Gasteiger partial charge in [-0.05, 0) is 11.5 Å². The highest BCUT2D eigenvalue weighted by Crippen LogP contribution is 2.00. The number of Topliss-reactive ketones (excluding diaryl/α,β-unsaturated/α-hetero) is 3. The molecule has 0 spiro atoms. The molecule has 0 bridgehead atoms. The lowest BCUT2D eigenvalue weighted by Crippen LogP contribution is -2.18. The molecule has 0 aliphatic rings. The van der Waals surface area contributed by atoms with Crippen LogP contribution >= 0.6 is 0 Å². The van der Waals surface area contributed by atoms with Gasteiger partial charge in [0.05, 0.1) is 0 Å². The molecule has 9 heteroatoms. The zero-order chi connectivity index (χ0) is 23.1. The molecule has 0 radical (unpaired) electrons. The molecule has 0 saturated heterocycles. The zero-order valence-corrected chi connectivity index (χ0v) is 16.7. The zero-order valence-electron chi connectivity index (χ0n) is 16.7. The number of carbonyl (C=O) groups excluding carboxylic acids is 3. The van der Waals surface area contributed by atoms with Gasteiger partial charge in [0.2, 0.25) is 17.3 Å². The summed E-state index contributed by atoms with van der Waals surface area (Å²) in [5, 5.41) is 24.4. The number of benzene rings is 1. The Kier molecular flexibility index (Phi) is 14.1. The van der Waals surface area contributed by atoms with Gasteiger partial charge in [-0.15, -0.1) is 0 Å². The van der Waals surface area contributed by atoms with Crippen LogP contribution in [0.1, 0.15) is 39.7 Å². The summed E-state index contributed by atoms with van der Waals surface area (Å²) in [5.74, 6) is -6.53. The fourth-order valence-electron chi connectivity index (χ4n) is 1.56. The molecule has 160 valence electrons. The van der Waals surface area contributed by atoms with E-state index in [-0.39, 0.29) is 18.8 Å². The van der Waals surface area contributed by atoms with Crippen molar-refractivity contribution < 1.29 is 44.1 Å². The third kappa shape index (κ3) is 15.4. The van der Waals surface area contributed by atoms with Gasteiger partial charge in [-0.25, -0.2) is 14.4 Å². The lowest BCUT2D eigenvalue weighted by atomic mass is 10.1. The Balaban J connectivity index is 0. The van der Waals surface area contributed by atoms with E-state index in [1.807, 2.05) is 6.07 Å². The molecule has 0 unspecified atom stereocenters. The molecule has 9 nitrogen and oxygen atoms in total. The summed E-state index contributed by atoms with van der Waals surface area (Å²) >= 11 is 0. The molecular formula is C20H26O9. The van der Waals surface area contributed by atoms with Crippen LogP contribution in [0.15, 0.2) is 30.3 Å². The van der Waals surface area contributed by atoms with Crippen LogP contribution in [-0.2, 0) is 35.2 Å². The molecule has 0 fully saturated rings. The van der Waals surface area contributed by atoms with Gasteiger partial charge in [0.1, 0.15) is 0 Å². The van der Waals surface area contributed by atoms with Crippen molar-refractivity contribution in [3.63, 3.8) is 0 Å². The molecule has 1 aromatic rings. The van der Waals surface area contributed by atoms with E-state index in [1.165, 1.54) is 0 Å². The van der Waals surface area contributed by atoms with Crippen LogP contribution in [0.2, 0.25) is 0 Å². The first kappa shape index (κ1) is 27.9. The van der Waals surface area contributed by atoms with Crippen molar-refractivity contribution >= 4 is 35.3 Å². The van der Waals surface area contributed by atoms with Crippen LogP contribution in [0.4, 0.5) is 0 Å². The highest BCUT2D eigenvalue weighted by atomic mass is 16.4. The lowest BCUT2D eigenvalue weighted by Gasteiger charge is -1.97. The molecule has 0 saturated carbocycles. The van der Waals surface area contributed by atoms with Gasteiger partial charge in [-0.1, -0.05) is 58.0 Å². The quantitative estimate of drug-likeness (QED) is 0.543. The van der Waals surface area contributed by atoms with Crippen molar-refractivity contribution in [3.8, 4) is 0 Å². The number of carboxylic acid groups (broad SMARTS) is 3. The third-order valence-electron chi connectivity index (χ3n) is 3.01. The van der Waals surface area contributed by atoms with E-state index in [0.717, 1.165) is 5.56 Å². The monoisotopic (exact) mass is 410 g/mol. The summed E-state index contributed by atoms with van der Waals surface area (Å²) in [6.07, 6.45) is 0.103. The lowest BCUT2D eigenvalue weighted by molar-refractivity contribution is -0.150. The van der Waals surface area contributed by atoms with Crippen LogP contribution < -0.4 is 0 Å². The smallest absolute Gasteiger partial charge is 0.372 e. The van der Waals surface area contributed by atoms with Crippen molar-refractivity contribution in [2.24, 2.45) is 11.8 Å². The van der Waals surface area contributed by atoms with Crippen molar-refractivity contribution in [3.05, 3.63) is 35.9 Å². The Morgan fingerprint density at radius 1 is 0.724 bits per heavy atom. The maximum Gasteiger partial charge on any atom is 0.372 e. The van der Waals surface area contributed by atoms with Gasteiger partial charge in [-0.3, -0.25) is 14.4 Å². The minimum absolute atomic E-state index is 0.0316. The second kappa shape index (κ2) is 14.7. The van der Waals surface area contributed by atoms with Gasteiger partial charge >= 0.3 is 17.9 Å². The van der Waals surface area contributed by atoms with Gasteiger partial charge in [-0.2, -0.15) is 0 Å². The highest BCUT2D eigenvalue weighted by molar-refractivity contribution is 6.33. The molecule has 1 rings (SSSR count). The SMILES string of the molecule is CC(C)C(=O)C(=O)O.CC(C)CC(=O)C(=O)O.O=C(O)C(=O)Cc1ccccc1. The van der Waals surface area contributed by atoms with Crippen molar-refractivity contribution in [1.82, 2.24) is 0 Å². The highest BCUT2D eigenvalue weighted by Gasteiger charge is 2.14. The Labute approximate surface area is 168 Å². The fourth-order valence-corrected chi connectivity index (χ4v) is 1.56. The van der Waals surface area contributed by atoms with Crippen molar-refractivity contribution in [2.45, 2.75) is 40.5 Å². The summed E-state index contributed by atoms with van der Waals surface area (Å²) < 4.78 is 0. The molecule has 0 heterocycles. The number of rotatable bonds is 8. The second-order valence-corrected chi connectivity index (χ2v) is 6.54. The van der Waals surface area contributed by atoms with Crippen LogP contribution in [0.25, 0.3) is 0 Å². The summed E-state index contributed by atoms with van der Waals surface area (Å²) in [6.45, 7) is 6.72. The first-order chi connectivity index (χ1) is 13.3. The van der Waals surface area contributed by atoms with Gasteiger partial charge in [0.15, 0.2) is 0 Å². The average molecular weight is 410 g/mol. The molecule has 0 aliphatic carbocycles. The van der Waals surface area contributed by atoms with Crippen LogP contribution in [-0.4, -0.2) is 50.6 Å². The summed E-state index contributed by atoms with van der Waals surface area (Å²) in [5.41, 5.74) is 0.727. The maximum atomic E-state index is 10.7. The van der Waals surface area contributed by atoms with E-state index in [9.17, 15) is 28.8 Å². The molecule has 0 aliphatic heterocycles. The molecule has 3 N–H and O–H groups in total. The number of carboxylic acids is 3. The maximum absolute atomic E-state index is 10.7. The van der Waals surface area contributed by atoms with Gasteiger partial charge in [0, 0.05) is 18.8 Å². The molecular weight excluding hydrogens is 384 g/mol. The van der Waals surface area contributed by atoms with Crippen molar-refractivity contribution in [2.75, 3.05) is 0 Å². The third-order valence-corrected chi connectivity index (χ3v) is 3.01. The van der Waals surface area contributed by atoms with Crippen LogP contribution in [0.3, 0.4) is 0 Å². The number of hydrogen-bond acceptors (Lipinski definition) is 6. The molecule has 1 aromatic carbocycles. The predicted octanol–water partition coefficient (Wildman–Crippen LogP) is 1.87. The Morgan fingerprint density at radius 2 is 1.17 bits per heavy atom. The summed E-state index contributed by atoms with van der Waals surface area (Å²) in [6, 6.07) is 8.80. The molecule has 0 atom stereocenters. The van der Waals surface area contributed by atoms with Crippen LogP contribution in [0, 0.1) is 11.8 Å². The average Bonchev–Trinajstić information content (AvgIpc) is 2.62. The topological polar surface area (TPSA) is 163 Å². The predicted molar refractivity (Wildman–Crippen MR) is 102 cm³/mol. The van der Waals surface area contributed by atoms with Crippen LogP contribution in [0.5, 0.6) is 0 Å². The normalized spacial score (nSPS) is 9.45. The summed E-state index contributed by atoms with van der Waals surface area (Å²) in [4.78, 5) is 61.1. The Hall–Kier alpha value is -3.36. The first-order valence-electron chi connectivity index (χ1n) is 8.62. The number of ketones is 3. The van der Waals surface area contributed by atoms with E-state index in [1.54, 1.807) is 52.0 Å². The first-order valence-corrected chi connectivity index (χ1v) is 8.62. The molecule has 0 amide bonds. The molecule has 29 heavy (non-hydrogen) atoms.